The maximum atomic E-state index is 12.4. The molecule has 0 saturated heterocycles. The van der Waals surface area contributed by atoms with Crippen molar-refractivity contribution in [1.29, 1.82) is 0 Å². The number of likely N-dealkylation sites (N-methyl/N-ethyl adjacent to an activating group) is 1. The molecule has 1 atom stereocenters. The van der Waals surface area contributed by atoms with Gasteiger partial charge in [-0.1, -0.05) is 18.2 Å². The van der Waals surface area contributed by atoms with Gasteiger partial charge in [0.1, 0.15) is 10.8 Å². The number of nitrogens with zero attached hydrogens (tertiary/aromatic N) is 3. The summed E-state index contributed by atoms with van der Waals surface area (Å²) in [5.41, 5.74) is 2.47. The Kier molecular flexibility index (Phi) is 6.73. The number of amides is 1. The predicted molar refractivity (Wildman–Crippen MR) is 109 cm³/mol. The Morgan fingerprint density at radius 1 is 1.25 bits per heavy atom. The van der Waals surface area contributed by atoms with Crippen LogP contribution in [0.1, 0.15) is 23.8 Å². The largest absolute Gasteiger partial charge is 0.497 e. The molecule has 6 nitrogen and oxygen atoms in total. The lowest BCUT2D eigenvalue weighted by Crippen LogP contribution is -2.31. The fraction of sp³-hybridized carbons (Fsp3) is 0.286. The number of ether oxygens (including phenoxy) is 1. The molecule has 0 radical (unpaired) electrons. The number of rotatable bonds is 8. The molecule has 0 aliphatic carbocycles. The monoisotopic (exact) mass is 397 g/mol. The third-order valence-electron chi connectivity index (χ3n) is 4.40. The molecule has 3 rings (SSSR count). The Labute approximate surface area is 168 Å². The molecule has 0 fully saturated rings. The smallest absolute Gasteiger partial charge is 0.222 e. The number of pyridine rings is 1. The van der Waals surface area contributed by atoms with Crippen LogP contribution in [0.3, 0.4) is 0 Å². The molecule has 1 unspecified atom stereocenters. The standard InChI is InChI=1S/C21H23N3O3S/c1-24(13-19(25)15-6-9-17(27-2)10-7-15)20(26)11-8-16-14-28-21(23-16)18-5-3-4-12-22-18/h3-7,9-10,12,14,19,25H,8,11,13H2,1-2H3. The zero-order valence-corrected chi connectivity index (χ0v) is 16.7. The van der Waals surface area contributed by atoms with E-state index >= 15 is 0 Å². The molecule has 0 aliphatic heterocycles. The molecule has 3 aromatic rings. The van der Waals surface area contributed by atoms with E-state index in [1.165, 1.54) is 11.3 Å². The molecule has 0 bridgehead atoms. The van der Waals surface area contributed by atoms with E-state index in [1.807, 2.05) is 23.6 Å². The van der Waals surface area contributed by atoms with Crippen LogP contribution in [0.15, 0.2) is 54.0 Å². The highest BCUT2D eigenvalue weighted by Gasteiger charge is 2.16. The first-order valence-corrected chi connectivity index (χ1v) is 9.86. The molecule has 28 heavy (non-hydrogen) atoms. The summed E-state index contributed by atoms with van der Waals surface area (Å²) in [7, 11) is 3.30. The van der Waals surface area contributed by atoms with Gasteiger partial charge in [-0.25, -0.2) is 4.98 Å². The molecule has 0 aliphatic rings. The van der Waals surface area contributed by atoms with Crippen LogP contribution in [0.5, 0.6) is 5.75 Å². The number of benzene rings is 1. The summed E-state index contributed by atoms with van der Waals surface area (Å²) in [6.45, 7) is 0.238. The van der Waals surface area contributed by atoms with Gasteiger partial charge in [0.05, 0.1) is 31.1 Å². The van der Waals surface area contributed by atoms with Crippen molar-refractivity contribution in [3.05, 3.63) is 65.3 Å². The molecule has 1 N–H and O–H groups in total. The lowest BCUT2D eigenvalue weighted by Gasteiger charge is -2.21. The molecule has 146 valence electrons. The minimum absolute atomic E-state index is 0.0278. The number of methoxy groups -OCH3 is 1. The zero-order valence-electron chi connectivity index (χ0n) is 15.9. The highest BCUT2D eigenvalue weighted by molar-refractivity contribution is 7.13. The summed E-state index contributed by atoms with van der Waals surface area (Å²) in [6, 6.07) is 12.9. The number of aliphatic hydroxyl groups is 1. The van der Waals surface area contributed by atoms with E-state index in [1.54, 1.807) is 49.5 Å². The molecule has 2 heterocycles. The quantitative estimate of drug-likeness (QED) is 0.631. The Hall–Kier alpha value is -2.77. The third kappa shape index (κ3) is 5.15. The summed E-state index contributed by atoms with van der Waals surface area (Å²) >= 11 is 1.52. The number of hydrogen-bond donors (Lipinski definition) is 1. The highest BCUT2D eigenvalue weighted by Crippen LogP contribution is 2.22. The lowest BCUT2D eigenvalue weighted by molar-refractivity contribution is -0.131. The van der Waals surface area contributed by atoms with Crippen LogP contribution in [0.2, 0.25) is 0 Å². The van der Waals surface area contributed by atoms with E-state index in [0.29, 0.717) is 12.8 Å². The van der Waals surface area contributed by atoms with E-state index in [4.69, 9.17) is 4.74 Å². The summed E-state index contributed by atoms with van der Waals surface area (Å²) in [5.74, 6) is 0.702. The van der Waals surface area contributed by atoms with Crippen LogP contribution in [-0.2, 0) is 11.2 Å². The topological polar surface area (TPSA) is 75.6 Å². The highest BCUT2D eigenvalue weighted by atomic mass is 32.1. The van der Waals surface area contributed by atoms with Gasteiger partial charge in [0.2, 0.25) is 5.91 Å². The van der Waals surface area contributed by atoms with E-state index in [9.17, 15) is 9.90 Å². The van der Waals surface area contributed by atoms with Gasteiger partial charge in [0, 0.05) is 25.0 Å². The van der Waals surface area contributed by atoms with Gasteiger partial charge in [-0.05, 0) is 36.2 Å². The van der Waals surface area contributed by atoms with Gasteiger partial charge in [-0.3, -0.25) is 9.78 Å². The number of carbonyl (C=O) groups excluding carboxylic acids is 1. The summed E-state index contributed by atoms with van der Waals surface area (Å²) in [5, 5.41) is 13.2. The van der Waals surface area contributed by atoms with Crippen molar-refractivity contribution >= 4 is 17.2 Å². The molecule has 0 saturated carbocycles. The predicted octanol–water partition coefficient (Wildman–Crippen LogP) is 3.34. The van der Waals surface area contributed by atoms with Gasteiger partial charge in [0.15, 0.2) is 0 Å². The Morgan fingerprint density at radius 3 is 2.71 bits per heavy atom. The van der Waals surface area contributed by atoms with Crippen molar-refractivity contribution in [2.45, 2.75) is 18.9 Å². The van der Waals surface area contributed by atoms with Crippen molar-refractivity contribution in [2.75, 3.05) is 20.7 Å². The SMILES string of the molecule is COc1ccc(C(O)CN(C)C(=O)CCc2csc(-c3ccccn3)n2)cc1. The normalized spacial score (nSPS) is 11.8. The molecule has 1 aromatic carbocycles. The van der Waals surface area contributed by atoms with Gasteiger partial charge in [0.25, 0.3) is 0 Å². The average molecular weight is 398 g/mol. The van der Waals surface area contributed by atoms with Crippen LogP contribution < -0.4 is 4.74 Å². The number of aromatic nitrogens is 2. The first-order valence-electron chi connectivity index (χ1n) is 8.98. The maximum absolute atomic E-state index is 12.4. The van der Waals surface area contributed by atoms with Crippen LogP contribution in [0, 0.1) is 0 Å². The first-order chi connectivity index (χ1) is 13.6. The van der Waals surface area contributed by atoms with Crippen molar-refractivity contribution in [3.8, 4) is 16.5 Å². The van der Waals surface area contributed by atoms with Gasteiger partial charge < -0.3 is 14.7 Å². The van der Waals surface area contributed by atoms with Crippen LogP contribution in [-0.4, -0.2) is 46.6 Å². The summed E-state index contributed by atoms with van der Waals surface area (Å²) < 4.78 is 5.12. The second kappa shape index (κ2) is 9.43. The zero-order chi connectivity index (χ0) is 19.9. The fourth-order valence-corrected chi connectivity index (χ4v) is 3.58. The summed E-state index contributed by atoms with van der Waals surface area (Å²) in [4.78, 5) is 22.8. The molecular formula is C21H23N3O3S. The van der Waals surface area contributed by atoms with Crippen molar-refractivity contribution in [3.63, 3.8) is 0 Å². The maximum Gasteiger partial charge on any atom is 0.222 e. The Balaban J connectivity index is 1.51. The number of hydrogen-bond acceptors (Lipinski definition) is 6. The van der Waals surface area contributed by atoms with Gasteiger partial charge in [-0.15, -0.1) is 11.3 Å². The van der Waals surface area contributed by atoms with Crippen LogP contribution in [0.25, 0.3) is 10.7 Å². The molecular weight excluding hydrogens is 374 g/mol. The van der Waals surface area contributed by atoms with E-state index in [2.05, 4.69) is 9.97 Å². The van der Waals surface area contributed by atoms with Crippen LogP contribution in [0.4, 0.5) is 0 Å². The van der Waals surface area contributed by atoms with Crippen molar-refractivity contribution in [2.24, 2.45) is 0 Å². The molecule has 7 heteroatoms. The second-order valence-corrected chi connectivity index (χ2v) is 7.28. The number of thiazole rings is 1. The first kappa shape index (κ1) is 20.0. The van der Waals surface area contributed by atoms with Crippen molar-refractivity contribution in [1.82, 2.24) is 14.9 Å². The summed E-state index contributed by atoms with van der Waals surface area (Å²) in [6.07, 6.45) is 1.90. The van der Waals surface area contributed by atoms with Gasteiger partial charge in [-0.2, -0.15) is 0 Å². The average Bonchev–Trinajstić information content (AvgIpc) is 3.21. The van der Waals surface area contributed by atoms with Gasteiger partial charge >= 0.3 is 0 Å². The van der Waals surface area contributed by atoms with Crippen LogP contribution >= 0.6 is 11.3 Å². The third-order valence-corrected chi connectivity index (χ3v) is 5.32. The number of aryl methyl sites for hydroxylation is 1. The van der Waals surface area contributed by atoms with E-state index in [-0.39, 0.29) is 12.5 Å². The lowest BCUT2D eigenvalue weighted by atomic mass is 10.1. The number of aliphatic hydroxyl groups excluding tert-OH is 1. The van der Waals surface area contributed by atoms with E-state index < -0.39 is 6.10 Å². The molecule has 1 amide bonds. The Bertz CT molecular complexity index is 897. The minimum Gasteiger partial charge on any atom is -0.497 e. The van der Waals surface area contributed by atoms with E-state index in [0.717, 1.165) is 27.7 Å². The van der Waals surface area contributed by atoms with Crippen molar-refractivity contribution < 1.29 is 14.6 Å². The Morgan fingerprint density at radius 2 is 2.04 bits per heavy atom. The molecule has 2 aromatic heterocycles. The molecule has 0 spiro atoms. The number of carbonyl (C=O) groups is 1. The fourth-order valence-electron chi connectivity index (χ4n) is 2.75. The minimum atomic E-state index is -0.741. The second-order valence-electron chi connectivity index (χ2n) is 6.42.